The summed E-state index contributed by atoms with van der Waals surface area (Å²) in [6.07, 6.45) is 11.6. The monoisotopic (exact) mass is 471 g/mol. The summed E-state index contributed by atoms with van der Waals surface area (Å²) >= 11 is 12.3. The zero-order valence-electron chi connectivity index (χ0n) is 18.0. The van der Waals surface area contributed by atoms with Crippen molar-refractivity contribution in [1.29, 1.82) is 0 Å². The number of allylic oxidation sites excluding steroid dienone is 1. The second-order valence-electron chi connectivity index (χ2n) is 9.80. The third-order valence-corrected chi connectivity index (χ3v) is 8.27. The first kappa shape index (κ1) is 20.7. The van der Waals surface area contributed by atoms with Gasteiger partial charge in [0.1, 0.15) is 11.6 Å². The van der Waals surface area contributed by atoms with E-state index in [1.54, 1.807) is 12.3 Å². The lowest BCUT2D eigenvalue weighted by atomic mass is 9.84. The number of hydrogen-bond donors (Lipinski definition) is 1. The van der Waals surface area contributed by atoms with Gasteiger partial charge in [0.2, 0.25) is 0 Å². The maximum Gasteiger partial charge on any atom is 0.254 e. The molecule has 6 nitrogen and oxygen atoms in total. The van der Waals surface area contributed by atoms with Gasteiger partial charge in [0.25, 0.3) is 5.56 Å². The van der Waals surface area contributed by atoms with E-state index in [0.29, 0.717) is 21.5 Å². The van der Waals surface area contributed by atoms with E-state index >= 15 is 0 Å². The zero-order valence-corrected chi connectivity index (χ0v) is 19.6. The summed E-state index contributed by atoms with van der Waals surface area (Å²) in [5, 5.41) is 1.16. The number of nitrogens with one attached hydrogen (secondary N) is 1. The van der Waals surface area contributed by atoms with Crippen LogP contribution in [0.5, 0.6) is 0 Å². The van der Waals surface area contributed by atoms with E-state index in [0.717, 1.165) is 74.8 Å². The molecule has 1 spiro atoms. The van der Waals surface area contributed by atoms with E-state index in [-0.39, 0.29) is 5.56 Å². The molecule has 0 aromatic carbocycles. The van der Waals surface area contributed by atoms with Gasteiger partial charge in [-0.15, -0.1) is 0 Å². The van der Waals surface area contributed by atoms with Crippen molar-refractivity contribution >= 4 is 34.6 Å². The number of rotatable bonds is 3. The number of piperazine rings is 1. The first-order valence-electron chi connectivity index (χ1n) is 11.6. The second-order valence-corrected chi connectivity index (χ2v) is 10.6. The molecule has 168 valence electrons. The van der Waals surface area contributed by atoms with Crippen molar-refractivity contribution in [2.24, 2.45) is 5.41 Å². The minimum Gasteiger partial charge on any atom is -0.353 e. The topological polar surface area (TPSA) is 65.1 Å². The van der Waals surface area contributed by atoms with Crippen LogP contribution in [0.25, 0.3) is 5.57 Å². The first-order chi connectivity index (χ1) is 15.5. The van der Waals surface area contributed by atoms with Crippen LogP contribution in [0.15, 0.2) is 23.1 Å². The Morgan fingerprint density at radius 3 is 2.66 bits per heavy atom. The van der Waals surface area contributed by atoms with E-state index in [1.165, 1.54) is 24.8 Å². The Labute approximate surface area is 197 Å². The molecule has 2 aromatic rings. The van der Waals surface area contributed by atoms with Gasteiger partial charge in [0.05, 0.1) is 15.7 Å². The Balaban J connectivity index is 1.14. The van der Waals surface area contributed by atoms with Crippen LogP contribution in [-0.4, -0.2) is 52.1 Å². The Bertz CT molecular complexity index is 1150. The van der Waals surface area contributed by atoms with Crippen LogP contribution in [0.3, 0.4) is 0 Å². The summed E-state index contributed by atoms with van der Waals surface area (Å²) in [6, 6.07) is 2.14. The lowest BCUT2D eigenvalue weighted by Gasteiger charge is -2.38. The van der Waals surface area contributed by atoms with Crippen LogP contribution in [0.4, 0.5) is 5.82 Å². The fourth-order valence-corrected chi connectivity index (χ4v) is 6.13. The highest BCUT2D eigenvalue weighted by molar-refractivity contribution is 6.36. The van der Waals surface area contributed by atoms with Crippen molar-refractivity contribution in [2.75, 3.05) is 31.1 Å². The van der Waals surface area contributed by atoms with E-state index in [4.69, 9.17) is 28.2 Å². The Kier molecular flexibility index (Phi) is 5.08. The highest BCUT2D eigenvalue weighted by Crippen LogP contribution is 2.53. The quantitative estimate of drug-likeness (QED) is 0.729. The van der Waals surface area contributed by atoms with Gasteiger partial charge in [-0.25, -0.2) is 9.97 Å². The molecule has 1 aliphatic heterocycles. The minimum absolute atomic E-state index is 0.0845. The van der Waals surface area contributed by atoms with Crippen molar-refractivity contribution in [2.45, 2.75) is 51.0 Å². The molecule has 0 unspecified atom stereocenters. The molecule has 0 amide bonds. The van der Waals surface area contributed by atoms with Gasteiger partial charge in [0, 0.05) is 44.0 Å². The van der Waals surface area contributed by atoms with Crippen LogP contribution in [0.2, 0.25) is 10.0 Å². The number of fused-ring (bicyclic) bond motifs is 1. The third-order valence-electron chi connectivity index (χ3n) is 7.78. The Morgan fingerprint density at radius 1 is 1.09 bits per heavy atom. The summed E-state index contributed by atoms with van der Waals surface area (Å²) in [6.45, 7) is 3.66. The van der Waals surface area contributed by atoms with E-state index in [9.17, 15) is 4.79 Å². The summed E-state index contributed by atoms with van der Waals surface area (Å²) in [5.74, 6) is 1.60. The number of H-pyrrole nitrogens is 1. The van der Waals surface area contributed by atoms with Gasteiger partial charge in [-0.3, -0.25) is 9.69 Å². The highest BCUT2D eigenvalue weighted by atomic mass is 35.5. The first-order valence-corrected chi connectivity index (χ1v) is 12.4. The van der Waals surface area contributed by atoms with Gasteiger partial charge in [-0.2, -0.15) is 0 Å². The number of aromatic amines is 1. The molecule has 3 aliphatic carbocycles. The molecule has 1 saturated carbocycles. The highest BCUT2D eigenvalue weighted by Gasteiger charge is 2.45. The predicted octanol–water partition coefficient (Wildman–Crippen LogP) is 4.11. The van der Waals surface area contributed by atoms with Gasteiger partial charge in [-0.1, -0.05) is 29.3 Å². The summed E-state index contributed by atoms with van der Waals surface area (Å²) in [4.78, 5) is 30.0. The van der Waals surface area contributed by atoms with E-state index in [2.05, 4.69) is 25.8 Å². The van der Waals surface area contributed by atoms with Crippen molar-refractivity contribution in [3.63, 3.8) is 0 Å². The number of nitrogens with zero attached hydrogens (tertiary/aromatic N) is 4. The molecule has 0 bridgehead atoms. The van der Waals surface area contributed by atoms with Crippen molar-refractivity contribution in [3.05, 3.63) is 55.8 Å². The van der Waals surface area contributed by atoms with Gasteiger partial charge in [-0.05, 0) is 62.0 Å². The Hall–Kier alpha value is -1.89. The molecular formula is C24H27Cl2N5O. The average molecular weight is 472 g/mol. The number of aromatic nitrogens is 3. The van der Waals surface area contributed by atoms with Crippen LogP contribution in [-0.2, 0) is 12.8 Å². The molecule has 0 radical (unpaired) electrons. The number of anilines is 1. The molecule has 3 heterocycles. The molecule has 2 fully saturated rings. The second kappa shape index (κ2) is 7.86. The lowest BCUT2D eigenvalue weighted by molar-refractivity contribution is 0.214. The summed E-state index contributed by atoms with van der Waals surface area (Å²) in [5.41, 5.74) is 3.67. The largest absolute Gasteiger partial charge is 0.353 e. The number of aryl methyl sites for hydroxylation is 1. The smallest absolute Gasteiger partial charge is 0.254 e. The molecule has 32 heavy (non-hydrogen) atoms. The number of hydrogen-bond acceptors (Lipinski definition) is 5. The standard InChI is InChI=1S/C24H27Cl2N5O/c25-16-12-19(26)22(27-14-16)31-9-7-30(8-10-31)17-2-1-15(11-17)21-28-20-3-4-24(5-6-24)13-18(20)23(32)29-21/h11-12,14,17H,1-10,13H2,(H,28,29,32)/t17-/m1/s1. The van der Waals surface area contributed by atoms with E-state index < -0.39 is 0 Å². The fourth-order valence-electron chi connectivity index (χ4n) is 5.63. The van der Waals surface area contributed by atoms with Gasteiger partial charge in [0.15, 0.2) is 0 Å². The normalized spacial score (nSPS) is 24.5. The number of pyridine rings is 1. The van der Waals surface area contributed by atoms with Crippen LogP contribution in [0.1, 0.15) is 49.2 Å². The molecule has 1 N–H and O–H groups in total. The zero-order chi connectivity index (χ0) is 21.9. The lowest BCUT2D eigenvalue weighted by Crippen LogP contribution is -2.49. The van der Waals surface area contributed by atoms with Crippen LogP contribution < -0.4 is 10.5 Å². The van der Waals surface area contributed by atoms with Crippen molar-refractivity contribution in [3.8, 4) is 0 Å². The molecule has 2 aromatic heterocycles. The maximum atomic E-state index is 12.8. The summed E-state index contributed by atoms with van der Waals surface area (Å²) < 4.78 is 0. The van der Waals surface area contributed by atoms with Gasteiger partial charge < -0.3 is 9.88 Å². The molecule has 4 aliphatic rings. The molecule has 6 rings (SSSR count). The molecule has 1 saturated heterocycles. The fraction of sp³-hybridized carbons (Fsp3) is 0.542. The predicted molar refractivity (Wildman–Crippen MR) is 128 cm³/mol. The maximum absolute atomic E-state index is 12.8. The summed E-state index contributed by atoms with van der Waals surface area (Å²) in [7, 11) is 0. The molecule has 8 heteroatoms. The minimum atomic E-state index is 0.0845. The Morgan fingerprint density at radius 2 is 1.91 bits per heavy atom. The molecule has 1 atom stereocenters. The van der Waals surface area contributed by atoms with E-state index in [1.807, 2.05) is 0 Å². The SMILES string of the molecule is O=c1[nH]c(C2=C[C@H](N3CCN(c4ncc(Cl)cc4Cl)CC3)CC2)nc2c1CC1(CC2)CC1. The number of halogens is 2. The van der Waals surface area contributed by atoms with Crippen LogP contribution in [0, 0.1) is 5.41 Å². The van der Waals surface area contributed by atoms with Crippen molar-refractivity contribution in [1.82, 2.24) is 19.9 Å². The average Bonchev–Trinajstić information content (AvgIpc) is 3.35. The van der Waals surface area contributed by atoms with Crippen LogP contribution >= 0.6 is 23.2 Å². The van der Waals surface area contributed by atoms with Gasteiger partial charge >= 0.3 is 0 Å². The van der Waals surface area contributed by atoms with Crippen molar-refractivity contribution < 1.29 is 0 Å². The third kappa shape index (κ3) is 3.76. The molecular weight excluding hydrogens is 445 g/mol.